The predicted molar refractivity (Wildman–Crippen MR) is 130 cm³/mol. The summed E-state index contributed by atoms with van der Waals surface area (Å²) in [6.07, 6.45) is 3.49. The number of aromatic nitrogens is 2. The van der Waals surface area contributed by atoms with Crippen LogP contribution in [0.15, 0.2) is 65.5 Å². The summed E-state index contributed by atoms with van der Waals surface area (Å²) in [4.78, 5) is 26.1. The molecule has 1 N–H and O–H groups in total. The molecule has 0 radical (unpaired) electrons. The minimum Gasteiger partial charge on any atom is -0.383 e. The fourth-order valence-electron chi connectivity index (χ4n) is 4.45. The van der Waals surface area contributed by atoms with Gasteiger partial charge in [-0.05, 0) is 55.4 Å². The molecule has 1 aliphatic carbocycles. The Morgan fingerprint density at radius 3 is 2.55 bits per heavy atom. The lowest BCUT2D eigenvalue weighted by molar-refractivity contribution is 0.0934. The van der Waals surface area contributed by atoms with Gasteiger partial charge < -0.3 is 10.1 Å². The number of benzene rings is 2. The van der Waals surface area contributed by atoms with Gasteiger partial charge in [-0.25, -0.2) is 4.68 Å². The summed E-state index contributed by atoms with van der Waals surface area (Å²) in [5.74, 6) is 0.00256. The van der Waals surface area contributed by atoms with Gasteiger partial charge in [-0.15, -0.1) is 0 Å². The van der Waals surface area contributed by atoms with Gasteiger partial charge in [-0.2, -0.15) is 5.10 Å². The van der Waals surface area contributed by atoms with Crippen molar-refractivity contribution in [2.45, 2.75) is 37.6 Å². The number of carbonyl (C=O) groups excluding carboxylic acids is 1. The fraction of sp³-hybridized carbons (Fsp3) is 0.346. The summed E-state index contributed by atoms with van der Waals surface area (Å²) in [5.41, 5.74) is 2.47. The SMILES string of the molecule is COCCNC(=O)c1cc(-c2ccccc2)nn(C2CCC(c3cccc(Cl)c3)CC2)c1=O. The Kier molecular flexibility index (Phi) is 7.57. The number of nitrogens with one attached hydrogen (secondary N) is 1. The molecule has 1 aliphatic rings. The van der Waals surface area contributed by atoms with Crippen molar-refractivity contribution in [3.05, 3.63) is 87.2 Å². The zero-order valence-electron chi connectivity index (χ0n) is 18.7. The zero-order chi connectivity index (χ0) is 23.2. The molecule has 0 saturated heterocycles. The second-order valence-corrected chi connectivity index (χ2v) is 8.80. The number of nitrogens with zero attached hydrogens (tertiary/aromatic N) is 2. The quantitative estimate of drug-likeness (QED) is 0.507. The van der Waals surface area contributed by atoms with Crippen LogP contribution in [-0.4, -0.2) is 35.9 Å². The van der Waals surface area contributed by atoms with Crippen molar-refractivity contribution in [2.75, 3.05) is 20.3 Å². The van der Waals surface area contributed by atoms with Gasteiger partial charge in [0.05, 0.1) is 18.3 Å². The van der Waals surface area contributed by atoms with E-state index in [1.807, 2.05) is 48.5 Å². The van der Waals surface area contributed by atoms with Crippen LogP contribution in [0.1, 0.15) is 53.6 Å². The van der Waals surface area contributed by atoms with E-state index in [0.717, 1.165) is 36.3 Å². The van der Waals surface area contributed by atoms with Crippen molar-refractivity contribution in [1.29, 1.82) is 0 Å². The van der Waals surface area contributed by atoms with E-state index in [2.05, 4.69) is 11.4 Å². The smallest absolute Gasteiger partial charge is 0.279 e. The lowest BCUT2D eigenvalue weighted by Gasteiger charge is -2.29. The normalized spacial score (nSPS) is 18.1. The topological polar surface area (TPSA) is 73.2 Å². The van der Waals surface area contributed by atoms with Gasteiger partial charge in [0.1, 0.15) is 5.56 Å². The summed E-state index contributed by atoms with van der Waals surface area (Å²) in [6.45, 7) is 0.715. The molecule has 0 aliphatic heterocycles. The van der Waals surface area contributed by atoms with Crippen LogP contribution in [0, 0.1) is 0 Å². The highest BCUT2D eigenvalue weighted by Crippen LogP contribution is 2.38. The fourth-order valence-corrected chi connectivity index (χ4v) is 4.65. The number of ether oxygens (including phenoxy) is 1. The molecule has 7 heteroatoms. The van der Waals surface area contributed by atoms with Crippen molar-refractivity contribution in [2.24, 2.45) is 0 Å². The van der Waals surface area contributed by atoms with E-state index in [-0.39, 0.29) is 17.2 Å². The Balaban J connectivity index is 1.62. The molecule has 1 saturated carbocycles. The monoisotopic (exact) mass is 465 g/mol. The van der Waals surface area contributed by atoms with Crippen LogP contribution in [0.4, 0.5) is 0 Å². The molecular weight excluding hydrogens is 438 g/mol. The Hall–Kier alpha value is -2.96. The first-order chi connectivity index (χ1) is 16.1. The van der Waals surface area contributed by atoms with E-state index >= 15 is 0 Å². The summed E-state index contributed by atoms with van der Waals surface area (Å²) >= 11 is 6.18. The molecule has 6 nitrogen and oxygen atoms in total. The van der Waals surface area contributed by atoms with Crippen molar-refractivity contribution in [3.8, 4) is 11.3 Å². The number of amides is 1. The van der Waals surface area contributed by atoms with Gasteiger partial charge in [0.15, 0.2) is 0 Å². The molecule has 0 atom stereocenters. The summed E-state index contributed by atoms with van der Waals surface area (Å²) < 4.78 is 6.54. The van der Waals surface area contributed by atoms with Crippen molar-refractivity contribution in [1.82, 2.24) is 15.1 Å². The van der Waals surface area contributed by atoms with Gasteiger partial charge in [0.2, 0.25) is 0 Å². The third kappa shape index (κ3) is 5.52. The molecule has 1 amide bonds. The van der Waals surface area contributed by atoms with E-state index in [0.29, 0.717) is 24.8 Å². The number of methoxy groups -OCH3 is 1. The van der Waals surface area contributed by atoms with Gasteiger partial charge in [-0.3, -0.25) is 9.59 Å². The molecule has 172 valence electrons. The highest BCUT2D eigenvalue weighted by atomic mass is 35.5. The average molecular weight is 466 g/mol. The summed E-state index contributed by atoms with van der Waals surface area (Å²) in [7, 11) is 1.57. The molecule has 33 heavy (non-hydrogen) atoms. The Labute approximate surface area is 198 Å². The van der Waals surface area contributed by atoms with Crippen molar-refractivity contribution >= 4 is 17.5 Å². The summed E-state index contributed by atoms with van der Waals surface area (Å²) in [6, 6.07) is 19.2. The third-order valence-corrected chi connectivity index (χ3v) is 6.44. The molecule has 3 aromatic rings. The van der Waals surface area contributed by atoms with Crippen LogP contribution >= 0.6 is 11.6 Å². The van der Waals surface area contributed by atoms with Crippen LogP contribution in [0.5, 0.6) is 0 Å². The van der Waals surface area contributed by atoms with Crippen molar-refractivity contribution < 1.29 is 9.53 Å². The standard InChI is InChI=1S/C26H28ClN3O3/c1-33-15-14-28-25(31)23-17-24(19-6-3-2-4-7-19)29-30(26(23)32)22-12-10-18(11-13-22)20-8-5-9-21(27)16-20/h2-9,16-18,22H,10-15H2,1H3,(H,28,31). The predicted octanol–water partition coefficient (Wildman–Crippen LogP) is 4.84. The van der Waals surface area contributed by atoms with E-state index in [1.54, 1.807) is 13.2 Å². The Morgan fingerprint density at radius 2 is 1.85 bits per heavy atom. The van der Waals surface area contributed by atoms with Crippen molar-refractivity contribution in [3.63, 3.8) is 0 Å². The second-order valence-electron chi connectivity index (χ2n) is 8.37. The van der Waals surface area contributed by atoms with Gasteiger partial charge in [0.25, 0.3) is 11.5 Å². The maximum absolute atomic E-state index is 13.3. The van der Waals surface area contributed by atoms with E-state index in [1.165, 1.54) is 10.2 Å². The van der Waals surface area contributed by atoms with E-state index in [9.17, 15) is 9.59 Å². The number of hydrogen-bond acceptors (Lipinski definition) is 4. The zero-order valence-corrected chi connectivity index (χ0v) is 19.4. The Morgan fingerprint density at radius 1 is 1.09 bits per heavy atom. The van der Waals surface area contributed by atoms with E-state index < -0.39 is 5.91 Å². The first-order valence-electron chi connectivity index (χ1n) is 11.3. The molecular formula is C26H28ClN3O3. The lowest BCUT2D eigenvalue weighted by Crippen LogP contribution is -2.38. The maximum Gasteiger partial charge on any atom is 0.279 e. The summed E-state index contributed by atoms with van der Waals surface area (Å²) in [5, 5.41) is 8.20. The molecule has 1 fully saturated rings. The molecule has 4 rings (SSSR count). The van der Waals surface area contributed by atoms with Crippen LogP contribution in [-0.2, 0) is 4.74 Å². The number of hydrogen-bond donors (Lipinski definition) is 1. The van der Waals surface area contributed by atoms with Crippen LogP contribution in [0.25, 0.3) is 11.3 Å². The molecule has 1 heterocycles. The molecule has 1 aromatic heterocycles. The molecule has 0 bridgehead atoms. The van der Waals surface area contributed by atoms with E-state index in [4.69, 9.17) is 21.4 Å². The molecule has 0 spiro atoms. The van der Waals surface area contributed by atoms with Crippen LogP contribution < -0.4 is 10.9 Å². The number of rotatable bonds is 7. The average Bonchev–Trinajstić information content (AvgIpc) is 2.85. The highest BCUT2D eigenvalue weighted by Gasteiger charge is 2.27. The highest BCUT2D eigenvalue weighted by molar-refractivity contribution is 6.30. The largest absolute Gasteiger partial charge is 0.383 e. The van der Waals surface area contributed by atoms with Gasteiger partial charge in [0, 0.05) is 24.2 Å². The number of halogens is 1. The second kappa shape index (κ2) is 10.8. The van der Waals surface area contributed by atoms with Crippen LogP contribution in [0.2, 0.25) is 5.02 Å². The first-order valence-corrected chi connectivity index (χ1v) is 11.7. The molecule has 2 aromatic carbocycles. The Bertz CT molecular complexity index is 1150. The maximum atomic E-state index is 13.3. The van der Waals surface area contributed by atoms with Gasteiger partial charge in [-0.1, -0.05) is 54.1 Å². The molecule has 0 unspecified atom stereocenters. The van der Waals surface area contributed by atoms with Crippen LogP contribution in [0.3, 0.4) is 0 Å². The minimum atomic E-state index is -0.405. The first kappa shape index (κ1) is 23.2. The van der Waals surface area contributed by atoms with Gasteiger partial charge >= 0.3 is 0 Å². The lowest BCUT2D eigenvalue weighted by atomic mass is 9.82. The number of carbonyl (C=O) groups is 1. The third-order valence-electron chi connectivity index (χ3n) is 6.20. The minimum absolute atomic E-state index is 0.0536.